The number of aromatic amines is 1. The fourth-order valence-corrected chi connectivity index (χ4v) is 1.43. The second kappa shape index (κ2) is 6.23. The summed E-state index contributed by atoms with van der Waals surface area (Å²) in [5.41, 5.74) is 1.16. The molecule has 0 aliphatic heterocycles. The topological polar surface area (TPSA) is 121 Å². The van der Waals surface area contributed by atoms with Gasteiger partial charge >= 0.3 is 5.97 Å². The molecule has 0 aliphatic rings. The summed E-state index contributed by atoms with van der Waals surface area (Å²) in [5, 5.41) is 24.2. The van der Waals surface area contributed by atoms with E-state index in [1.165, 1.54) is 6.08 Å². The van der Waals surface area contributed by atoms with Gasteiger partial charge in [-0.3, -0.25) is 4.79 Å². The van der Waals surface area contributed by atoms with E-state index in [1.54, 1.807) is 24.3 Å². The summed E-state index contributed by atoms with van der Waals surface area (Å²) in [6, 6.07) is 6.52. The molecule has 1 aromatic heterocycles. The number of carboxylic acid groups (broad SMARTS) is 1. The number of aromatic nitrogens is 4. The third-order valence-corrected chi connectivity index (χ3v) is 2.39. The zero-order valence-corrected chi connectivity index (χ0v) is 10.3. The van der Waals surface area contributed by atoms with Gasteiger partial charge in [0.2, 0.25) is 0 Å². The van der Waals surface area contributed by atoms with Gasteiger partial charge in [0, 0.05) is 11.6 Å². The molecule has 8 heteroatoms. The summed E-state index contributed by atoms with van der Waals surface area (Å²) in [4.78, 5) is 22.2. The van der Waals surface area contributed by atoms with Crippen LogP contribution in [0, 0.1) is 0 Å². The van der Waals surface area contributed by atoms with Crippen molar-refractivity contribution < 1.29 is 14.7 Å². The van der Waals surface area contributed by atoms with Gasteiger partial charge in [-0.2, -0.15) is 5.21 Å². The number of hydrogen-bond acceptors (Lipinski definition) is 5. The van der Waals surface area contributed by atoms with Crippen LogP contribution in [0.1, 0.15) is 21.7 Å². The van der Waals surface area contributed by atoms with Crippen LogP contribution < -0.4 is 5.32 Å². The summed E-state index contributed by atoms with van der Waals surface area (Å²) in [6.45, 7) is 0.177. The first-order valence-corrected chi connectivity index (χ1v) is 5.67. The van der Waals surface area contributed by atoms with Crippen LogP contribution in [0.15, 0.2) is 30.3 Å². The fourth-order valence-electron chi connectivity index (χ4n) is 1.43. The van der Waals surface area contributed by atoms with E-state index >= 15 is 0 Å². The van der Waals surface area contributed by atoms with E-state index < -0.39 is 5.97 Å². The van der Waals surface area contributed by atoms with Crippen molar-refractivity contribution in [3.63, 3.8) is 0 Å². The SMILES string of the molecule is O=C(O)C=Cc1ccc(C(=O)NCc2nn[nH]n2)cc1. The summed E-state index contributed by atoms with van der Waals surface area (Å²) in [5.74, 6) is -0.908. The highest BCUT2D eigenvalue weighted by Crippen LogP contribution is 2.06. The van der Waals surface area contributed by atoms with E-state index in [-0.39, 0.29) is 12.5 Å². The molecule has 0 bridgehead atoms. The highest BCUT2D eigenvalue weighted by molar-refractivity contribution is 5.94. The molecule has 8 nitrogen and oxygen atoms in total. The standard InChI is InChI=1S/C12H11N5O3/c18-11(19)6-3-8-1-4-9(5-2-8)12(20)13-7-10-14-16-17-15-10/h1-6H,7H2,(H,13,20)(H,18,19)(H,14,15,16,17). The van der Waals surface area contributed by atoms with Gasteiger partial charge in [-0.1, -0.05) is 17.3 Å². The van der Waals surface area contributed by atoms with Crippen molar-refractivity contribution in [1.29, 1.82) is 0 Å². The number of carboxylic acids is 1. The lowest BCUT2D eigenvalue weighted by molar-refractivity contribution is -0.131. The van der Waals surface area contributed by atoms with E-state index in [4.69, 9.17) is 5.11 Å². The molecular weight excluding hydrogens is 262 g/mol. The second-order valence-corrected chi connectivity index (χ2v) is 3.80. The Morgan fingerprint density at radius 2 is 2.05 bits per heavy atom. The molecule has 0 saturated heterocycles. The average molecular weight is 273 g/mol. The van der Waals surface area contributed by atoms with E-state index in [2.05, 4.69) is 25.9 Å². The minimum atomic E-state index is -1.02. The van der Waals surface area contributed by atoms with Crippen LogP contribution in [0.3, 0.4) is 0 Å². The van der Waals surface area contributed by atoms with Gasteiger partial charge in [0.05, 0.1) is 6.54 Å². The zero-order valence-electron chi connectivity index (χ0n) is 10.3. The van der Waals surface area contributed by atoms with Crippen molar-refractivity contribution in [3.8, 4) is 0 Å². The number of aliphatic carboxylic acids is 1. The number of amides is 1. The van der Waals surface area contributed by atoms with Crippen molar-refractivity contribution in [3.05, 3.63) is 47.3 Å². The Kier molecular flexibility index (Phi) is 4.17. The van der Waals surface area contributed by atoms with Crippen LogP contribution in [0.4, 0.5) is 0 Å². The van der Waals surface area contributed by atoms with Crippen LogP contribution in [0.25, 0.3) is 6.08 Å². The summed E-state index contributed by atoms with van der Waals surface area (Å²) < 4.78 is 0. The number of nitrogens with zero attached hydrogens (tertiary/aromatic N) is 3. The van der Waals surface area contributed by atoms with E-state index in [9.17, 15) is 9.59 Å². The predicted molar refractivity (Wildman–Crippen MR) is 68.5 cm³/mol. The van der Waals surface area contributed by atoms with Crippen LogP contribution in [-0.2, 0) is 11.3 Å². The maximum atomic E-state index is 11.8. The monoisotopic (exact) mass is 273 g/mol. The van der Waals surface area contributed by atoms with Crippen molar-refractivity contribution in [1.82, 2.24) is 25.9 Å². The van der Waals surface area contributed by atoms with Gasteiger partial charge in [0.1, 0.15) is 0 Å². The highest BCUT2D eigenvalue weighted by Gasteiger charge is 2.06. The van der Waals surface area contributed by atoms with E-state index in [1.807, 2.05) is 0 Å². The van der Waals surface area contributed by atoms with Gasteiger partial charge in [-0.05, 0) is 23.8 Å². The Morgan fingerprint density at radius 3 is 2.65 bits per heavy atom. The molecule has 102 valence electrons. The molecule has 3 N–H and O–H groups in total. The number of carbonyl (C=O) groups is 2. The molecule has 1 amide bonds. The molecule has 0 unspecified atom stereocenters. The molecule has 1 aromatic carbocycles. The number of benzene rings is 1. The average Bonchev–Trinajstić information content (AvgIpc) is 2.96. The van der Waals surface area contributed by atoms with Crippen molar-refractivity contribution in [2.45, 2.75) is 6.54 Å². The Morgan fingerprint density at radius 1 is 1.30 bits per heavy atom. The Balaban J connectivity index is 1.95. The second-order valence-electron chi connectivity index (χ2n) is 3.80. The van der Waals surface area contributed by atoms with E-state index in [0.717, 1.165) is 6.08 Å². The fraction of sp³-hybridized carbons (Fsp3) is 0.0833. The quantitative estimate of drug-likeness (QED) is 0.670. The van der Waals surface area contributed by atoms with Crippen LogP contribution in [0.2, 0.25) is 0 Å². The normalized spacial score (nSPS) is 10.6. The predicted octanol–water partition coefficient (Wildman–Crippen LogP) is 0.227. The number of tetrazole rings is 1. The van der Waals surface area contributed by atoms with Gasteiger partial charge in [0.15, 0.2) is 5.82 Å². The van der Waals surface area contributed by atoms with Crippen molar-refractivity contribution in [2.24, 2.45) is 0 Å². The Labute approximate surface area is 113 Å². The van der Waals surface area contributed by atoms with Gasteiger partial charge in [-0.15, -0.1) is 10.2 Å². The Hall–Kier alpha value is -3.03. The molecular formula is C12H11N5O3. The van der Waals surface area contributed by atoms with Gasteiger partial charge in [0.25, 0.3) is 5.91 Å². The largest absolute Gasteiger partial charge is 0.478 e. The summed E-state index contributed by atoms with van der Waals surface area (Å²) in [7, 11) is 0. The molecule has 1 heterocycles. The number of hydrogen-bond donors (Lipinski definition) is 3. The lowest BCUT2D eigenvalue weighted by Crippen LogP contribution is -2.23. The van der Waals surface area contributed by atoms with Crippen molar-refractivity contribution >= 4 is 18.0 Å². The molecule has 0 spiro atoms. The number of H-pyrrole nitrogens is 1. The molecule has 2 rings (SSSR count). The van der Waals surface area contributed by atoms with Gasteiger partial charge < -0.3 is 10.4 Å². The minimum absolute atomic E-state index is 0.177. The lowest BCUT2D eigenvalue weighted by atomic mass is 10.1. The third-order valence-electron chi connectivity index (χ3n) is 2.39. The van der Waals surface area contributed by atoms with Crippen LogP contribution in [0.5, 0.6) is 0 Å². The third kappa shape index (κ3) is 3.73. The lowest BCUT2D eigenvalue weighted by Gasteiger charge is -2.02. The molecule has 0 saturated carbocycles. The maximum absolute atomic E-state index is 11.8. The maximum Gasteiger partial charge on any atom is 0.328 e. The molecule has 0 fully saturated rings. The molecule has 0 aliphatic carbocycles. The van der Waals surface area contributed by atoms with Crippen molar-refractivity contribution in [2.75, 3.05) is 0 Å². The molecule has 0 atom stereocenters. The highest BCUT2D eigenvalue weighted by atomic mass is 16.4. The first-order valence-electron chi connectivity index (χ1n) is 5.67. The zero-order chi connectivity index (χ0) is 14.4. The van der Waals surface area contributed by atoms with Crippen LogP contribution in [-0.4, -0.2) is 37.6 Å². The minimum Gasteiger partial charge on any atom is -0.478 e. The molecule has 2 aromatic rings. The number of rotatable bonds is 5. The molecule has 20 heavy (non-hydrogen) atoms. The summed E-state index contributed by atoms with van der Waals surface area (Å²) in [6.07, 6.45) is 2.48. The first-order chi connectivity index (χ1) is 9.65. The van der Waals surface area contributed by atoms with Crippen LogP contribution >= 0.6 is 0 Å². The smallest absolute Gasteiger partial charge is 0.328 e. The number of carbonyl (C=O) groups excluding carboxylic acids is 1. The molecule has 0 radical (unpaired) electrons. The van der Waals surface area contributed by atoms with Gasteiger partial charge in [-0.25, -0.2) is 4.79 Å². The number of nitrogens with one attached hydrogen (secondary N) is 2. The first kappa shape index (κ1) is 13.4. The summed E-state index contributed by atoms with van der Waals surface area (Å²) >= 11 is 0. The van der Waals surface area contributed by atoms with E-state index in [0.29, 0.717) is 17.0 Å². The Bertz CT molecular complexity index is 619.